The van der Waals surface area contributed by atoms with Gasteiger partial charge in [0.2, 0.25) is 0 Å². The van der Waals surface area contributed by atoms with Crippen LogP contribution in [-0.2, 0) is 9.84 Å². The Bertz CT molecular complexity index is 530. The quantitative estimate of drug-likeness (QED) is 0.552. The molecule has 1 aromatic heterocycles. The van der Waals surface area contributed by atoms with Gasteiger partial charge in [-0.2, -0.15) is 0 Å². The van der Waals surface area contributed by atoms with Gasteiger partial charge in [0.15, 0.2) is 0 Å². The standard InChI is InChI=1S/C10H16N4O3S/c1-14(5-6-18(2,16)17)10(15)9-7-8(13-11)3-4-12-9/h3-4,7H,5-6,11H2,1-2H3,(H,12,13). The van der Waals surface area contributed by atoms with Gasteiger partial charge in [-0.3, -0.25) is 15.6 Å². The number of rotatable bonds is 5. The fourth-order valence-electron chi connectivity index (χ4n) is 1.24. The van der Waals surface area contributed by atoms with Gasteiger partial charge in [-0.1, -0.05) is 0 Å². The average Bonchev–Trinajstić information content (AvgIpc) is 2.34. The first-order chi connectivity index (χ1) is 8.33. The van der Waals surface area contributed by atoms with Crippen LogP contribution in [0.3, 0.4) is 0 Å². The van der Waals surface area contributed by atoms with Crippen LogP contribution in [-0.4, -0.2) is 49.8 Å². The molecule has 3 N–H and O–H groups in total. The summed E-state index contributed by atoms with van der Waals surface area (Å²) in [6.45, 7) is 0.125. The summed E-state index contributed by atoms with van der Waals surface area (Å²) in [5.41, 5.74) is 3.18. The number of carbonyl (C=O) groups is 1. The van der Waals surface area contributed by atoms with Gasteiger partial charge in [-0.05, 0) is 12.1 Å². The highest BCUT2D eigenvalue weighted by Gasteiger charge is 2.15. The van der Waals surface area contributed by atoms with E-state index < -0.39 is 9.84 Å². The summed E-state index contributed by atoms with van der Waals surface area (Å²) in [7, 11) is -1.57. The second-order valence-electron chi connectivity index (χ2n) is 3.93. The molecule has 1 aromatic rings. The van der Waals surface area contributed by atoms with Crippen molar-refractivity contribution in [2.75, 3.05) is 31.0 Å². The number of aromatic nitrogens is 1. The largest absolute Gasteiger partial charge is 0.339 e. The molecule has 0 aliphatic rings. The lowest BCUT2D eigenvalue weighted by Gasteiger charge is -2.16. The van der Waals surface area contributed by atoms with Crippen molar-refractivity contribution in [3.05, 3.63) is 24.0 Å². The van der Waals surface area contributed by atoms with E-state index in [4.69, 9.17) is 5.84 Å². The van der Waals surface area contributed by atoms with Gasteiger partial charge in [0, 0.05) is 26.0 Å². The van der Waals surface area contributed by atoms with Gasteiger partial charge < -0.3 is 10.3 Å². The Morgan fingerprint density at radius 3 is 2.78 bits per heavy atom. The molecule has 100 valence electrons. The summed E-state index contributed by atoms with van der Waals surface area (Å²) in [6.07, 6.45) is 2.58. The Balaban J connectivity index is 2.74. The van der Waals surface area contributed by atoms with Gasteiger partial charge >= 0.3 is 0 Å². The Morgan fingerprint density at radius 1 is 1.56 bits per heavy atom. The van der Waals surface area contributed by atoms with Crippen LogP contribution in [0.5, 0.6) is 0 Å². The molecule has 0 aromatic carbocycles. The molecule has 8 heteroatoms. The fraction of sp³-hybridized carbons (Fsp3) is 0.400. The Labute approximate surface area is 106 Å². The van der Waals surface area contributed by atoms with E-state index in [1.807, 2.05) is 0 Å². The average molecular weight is 272 g/mol. The number of nitrogen functional groups attached to an aromatic ring is 1. The number of hydrazine groups is 1. The van der Waals surface area contributed by atoms with Crippen molar-refractivity contribution in [3.8, 4) is 0 Å². The lowest BCUT2D eigenvalue weighted by molar-refractivity contribution is 0.0798. The fourth-order valence-corrected chi connectivity index (χ4v) is 1.84. The third-order valence-electron chi connectivity index (χ3n) is 2.29. The molecule has 0 unspecified atom stereocenters. The van der Waals surface area contributed by atoms with Gasteiger partial charge in [0.25, 0.3) is 5.91 Å². The maximum absolute atomic E-state index is 11.9. The maximum Gasteiger partial charge on any atom is 0.272 e. The lowest BCUT2D eigenvalue weighted by Crippen LogP contribution is -2.32. The predicted octanol–water partition coefficient (Wildman–Crippen LogP) is -0.516. The second kappa shape index (κ2) is 5.78. The topological polar surface area (TPSA) is 105 Å². The zero-order valence-corrected chi connectivity index (χ0v) is 11.1. The van der Waals surface area contributed by atoms with Gasteiger partial charge in [0.05, 0.1) is 11.4 Å². The highest BCUT2D eigenvalue weighted by atomic mass is 32.2. The molecule has 0 fully saturated rings. The first kappa shape index (κ1) is 14.4. The van der Waals surface area contributed by atoms with E-state index in [9.17, 15) is 13.2 Å². The minimum atomic E-state index is -3.09. The number of carbonyl (C=O) groups excluding carboxylic acids is 1. The number of nitrogens with two attached hydrogens (primary N) is 1. The Hall–Kier alpha value is -1.67. The number of nitrogens with zero attached hydrogens (tertiary/aromatic N) is 2. The van der Waals surface area contributed by atoms with Gasteiger partial charge in [-0.25, -0.2) is 8.42 Å². The van der Waals surface area contributed by atoms with Crippen LogP contribution in [0.25, 0.3) is 0 Å². The molecular formula is C10H16N4O3S. The molecule has 0 saturated carbocycles. The lowest BCUT2D eigenvalue weighted by atomic mass is 10.3. The van der Waals surface area contributed by atoms with E-state index in [-0.39, 0.29) is 23.9 Å². The number of nitrogens with one attached hydrogen (secondary N) is 1. The molecule has 1 rings (SSSR count). The number of sulfone groups is 1. The Morgan fingerprint density at radius 2 is 2.22 bits per heavy atom. The van der Waals surface area contributed by atoms with E-state index in [2.05, 4.69) is 10.4 Å². The van der Waals surface area contributed by atoms with E-state index in [1.54, 1.807) is 6.07 Å². The number of pyridine rings is 1. The number of amides is 1. The maximum atomic E-state index is 11.9. The third kappa shape index (κ3) is 4.30. The summed E-state index contributed by atoms with van der Waals surface area (Å²) in [4.78, 5) is 17.2. The van der Waals surface area contributed by atoms with Gasteiger partial charge in [-0.15, -0.1) is 0 Å². The zero-order valence-electron chi connectivity index (χ0n) is 10.3. The summed E-state index contributed by atoms with van der Waals surface area (Å²) in [6, 6.07) is 3.12. The van der Waals surface area contributed by atoms with E-state index in [0.717, 1.165) is 6.26 Å². The summed E-state index contributed by atoms with van der Waals surface area (Å²) < 4.78 is 22.0. The van der Waals surface area contributed by atoms with E-state index in [0.29, 0.717) is 5.69 Å². The minimum Gasteiger partial charge on any atom is -0.339 e. The molecule has 0 radical (unpaired) electrons. The highest BCUT2D eigenvalue weighted by Crippen LogP contribution is 2.08. The monoisotopic (exact) mass is 272 g/mol. The Kier molecular flexibility index (Phi) is 4.62. The summed E-state index contributed by atoms with van der Waals surface area (Å²) >= 11 is 0. The highest BCUT2D eigenvalue weighted by molar-refractivity contribution is 7.90. The van der Waals surface area contributed by atoms with Crippen LogP contribution in [0.15, 0.2) is 18.3 Å². The van der Waals surface area contributed by atoms with Gasteiger partial charge in [0.1, 0.15) is 15.5 Å². The van der Waals surface area contributed by atoms with Crippen molar-refractivity contribution in [2.45, 2.75) is 0 Å². The second-order valence-corrected chi connectivity index (χ2v) is 6.19. The number of hydrogen-bond acceptors (Lipinski definition) is 6. The molecular weight excluding hydrogens is 256 g/mol. The first-order valence-electron chi connectivity index (χ1n) is 5.19. The van der Waals surface area contributed by atoms with Crippen LogP contribution in [0.2, 0.25) is 0 Å². The van der Waals surface area contributed by atoms with Crippen molar-refractivity contribution in [2.24, 2.45) is 5.84 Å². The molecule has 0 saturated heterocycles. The van der Waals surface area contributed by atoms with Crippen LogP contribution >= 0.6 is 0 Å². The van der Waals surface area contributed by atoms with Crippen LogP contribution in [0.1, 0.15) is 10.5 Å². The minimum absolute atomic E-state index is 0.0793. The summed E-state index contributed by atoms with van der Waals surface area (Å²) in [5, 5.41) is 0. The normalized spacial score (nSPS) is 11.1. The van der Waals surface area contributed by atoms with Crippen LogP contribution in [0, 0.1) is 0 Å². The molecule has 1 amide bonds. The first-order valence-corrected chi connectivity index (χ1v) is 7.25. The van der Waals surface area contributed by atoms with Crippen molar-refractivity contribution < 1.29 is 13.2 Å². The van der Waals surface area contributed by atoms with Crippen LogP contribution < -0.4 is 11.3 Å². The van der Waals surface area contributed by atoms with Crippen molar-refractivity contribution >= 4 is 21.4 Å². The van der Waals surface area contributed by atoms with Crippen molar-refractivity contribution in [1.29, 1.82) is 0 Å². The predicted molar refractivity (Wildman–Crippen MR) is 68.7 cm³/mol. The van der Waals surface area contributed by atoms with Crippen molar-refractivity contribution in [1.82, 2.24) is 9.88 Å². The van der Waals surface area contributed by atoms with Crippen molar-refractivity contribution in [3.63, 3.8) is 0 Å². The smallest absolute Gasteiger partial charge is 0.272 e. The molecule has 0 bridgehead atoms. The van der Waals surface area contributed by atoms with E-state index in [1.165, 1.54) is 24.2 Å². The third-order valence-corrected chi connectivity index (χ3v) is 3.21. The van der Waals surface area contributed by atoms with E-state index >= 15 is 0 Å². The molecule has 1 heterocycles. The molecule has 18 heavy (non-hydrogen) atoms. The SMILES string of the molecule is CN(CCS(C)(=O)=O)C(=O)c1cc(NN)ccn1. The number of anilines is 1. The molecule has 0 atom stereocenters. The number of hydrogen-bond donors (Lipinski definition) is 2. The molecule has 7 nitrogen and oxygen atoms in total. The molecule has 0 aliphatic heterocycles. The summed E-state index contributed by atoms with van der Waals surface area (Å²) in [5.74, 6) is 4.80. The molecule has 0 aliphatic carbocycles. The molecule has 0 spiro atoms. The van der Waals surface area contributed by atoms with Crippen LogP contribution in [0.4, 0.5) is 5.69 Å². The zero-order chi connectivity index (χ0) is 13.8.